The Morgan fingerprint density at radius 3 is 2.18 bits per heavy atom. The van der Waals surface area contributed by atoms with Gasteiger partial charge in [-0.3, -0.25) is 0 Å². The lowest BCUT2D eigenvalue weighted by Crippen LogP contribution is -2.08. The molecule has 1 heterocycles. The molecule has 9 heteroatoms. The van der Waals surface area contributed by atoms with Crippen molar-refractivity contribution in [1.29, 1.82) is 0 Å². The van der Waals surface area contributed by atoms with E-state index >= 15 is 0 Å². The molecule has 0 saturated heterocycles. The number of alkyl halides is 3. The fourth-order valence-corrected chi connectivity index (χ4v) is 3.47. The molecule has 3 rings (SSSR count). The summed E-state index contributed by atoms with van der Waals surface area (Å²) in [6, 6.07) is 9.10. The van der Waals surface area contributed by atoms with Gasteiger partial charge in [0.1, 0.15) is 10.7 Å². The fraction of sp³-hybridized carbons (Fsp3) is 0.211. The molecular formula is C19H16F4N2O2S. The monoisotopic (exact) mass is 412 g/mol. The summed E-state index contributed by atoms with van der Waals surface area (Å²) in [5.74, 6) is -1.06. The van der Waals surface area contributed by atoms with E-state index in [0.29, 0.717) is 5.56 Å². The normalized spacial score (nSPS) is 12.4. The Balaban J connectivity index is 2.24. The van der Waals surface area contributed by atoms with E-state index in [2.05, 4.69) is 5.10 Å². The van der Waals surface area contributed by atoms with E-state index in [1.54, 1.807) is 18.2 Å². The summed E-state index contributed by atoms with van der Waals surface area (Å²) < 4.78 is 78.1. The molecule has 0 radical (unpaired) electrons. The Morgan fingerprint density at radius 1 is 0.964 bits per heavy atom. The second kappa shape index (κ2) is 6.73. The highest BCUT2D eigenvalue weighted by atomic mass is 32.2. The van der Waals surface area contributed by atoms with Crippen molar-refractivity contribution in [3.8, 4) is 16.9 Å². The molecular weight excluding hydrogens is 396 g/mol. The minimum Gasteiger partial charge on any atom is -0.232 e. The van der Waals surface area contributed by atoms with E-state index < -0.39 is 32.4 Å². The van der Waals surface area contributed by atoms with Gasteiger partial charge < -0.3 is 0 Å². The molecule has 4 nitrogen and oxygen atoms in total. The number of halogens is 4. The van der Waals surface area contributed by atoms with Gasteiger partial charge in [-0.1, -0.05) is 12.1 Å². The van der Waals surface area contributed by atoms with Gasteiger partial charge in [0, 0.05) is 17.9 Å². The third kappa shape index (κ3) is 3.80. The molecule has 0 atom stereocenters. The van der Waals surface area contributed by atoms with Crippen molar-refractivity contribution in [2.24, 2.45) is 0 Å². The molecule has 0 amide bonds. The smallest absolute Gasteiger partial charge is 0.232 e. The minimum atomic E-state index is -4.69. The summed E-state index contributed by atoms with van der Waals surface area (Å²) in [6.07, 6.45) is -3.84. The van der Waals surface area contributed by atoms with Crippen molar-refractivity contribution in [2.75, 3.05) is 6.26 Å². The first kappa shape index (κ1) is 20.1. The van der Waals surface area contributed by atoms with Gasteiger partial charge in [0.15, 0.2) is 15.5 Å². The lowest BCUT2D eigenvalue weighted by atomic mass is 10.0. The van der Waals surface area contributed by atoms with E-state index in [-0.39, 0.29) is 11.4 Å². The van der Waals surface area contributed by atoms with Crippen LogP contribution in [0.5, 0.6) is 0 Å². The van der Waals surface area contributed by atoms with Gasteiger partial charge in [-0.05, 0) is 49.2 Å². The summed E-state index contributed by atoms with van der Waals surface area (Å²) in [5.41, 5.74) is 1.27. The topological polar surface area (TPSA) is 52.0 Å². The molecule has 0 bridgehead atoms. The van der Waals surface area contributed by atoms with Crippen LogP contribution < -0.4 is 0 Å². The molecule has 1 aromatic heterocycles. The first-order chi connectivity index (χ1) is 12.9. The van der Waals surface area contributed by atoms with Crippen molar-refractivity contribution >= 4 is 9.84 Å². The maximum absolute atomic E-state index is 14.3. The van der Waals surface area contributed by atoms with E-state index in [1.807, 2.05) is 13.8 Å². The van der Waals surface area contributed by atoms with Crippen LogP contribution in [0.15, 0.2) is 47.4 Å². The van der Waals surface area contributed by atoms with Gasteiger partial charge in [0.05, 0.1) is 11.4 Å². The zero-order valence-electron chi connectivity index (χ0n) is 15.2. The molecule has 0 saturated carbocycles. The Kier molecular flexibility index (Phi) is 4.82. The largest absolute Gasteiger partial charge is 0.435 e. The number of aromatic nitrogens is 2. The maximum Gasteiger partial charge on any atom is 0.435 e. The molecule has 0 N–H and O–H groups in total. The highest BCUT2D eigenvalue weighted by molar-refractivity contribution is 7.90. The third-order valence-corrected chi connectivity index (χ3v) is 5.49. The highest BCUT2D eigenvalue weighted by Crippen LogP contribution is 2.34. The Bertz CT molecular complexity index is 1170. The van der Waals surface area contributed by atoms with Crippen LogP contribution in [0.2, 0.25) is 0 Å². The maximum atomic E-state index is 14.3. The van der Waals surface area contributed by atoms with Gasteiger partial charge in [-0.15, -0.1) is 0 Å². The van der Waals surface area contributed by atoms with Crippen LogP contribution in [0.4, 0.5) is 17.6 Å². The average Bonchev–Trinajstić information content (AvgIpc) is 3.01. The van der Waals surface area contributed by atoms with Crippen LogP contribution in [0, 0.1) is 19.7 Å². The predicted molar refractivity (Wildman–Crippen MR) is 96.5 cm³/mol. The number of benzene rings is 2. The standard InChI is InChI=1S/C19H16F4N2O2S/c1-11-4-5-13(8-12(11)2)16-10-18(19(21,22)23)24-25(16)14-6-7-17(15(20)9-14)28(3,26)27/h4-10H,1-3H3. The molecule has 0 aliphatic rings. The van der Waals surface area contributed by atoms with E-state index in [4.69, 9.17) is 0 Å². The van der Waals surface area contributed by atoms with Crippen molar-refractivity contribution in [3.05, 3.63) is 65.1 Å². The van der Waals surface area contributed by atoms with Crippen molar-refractivity contribution in [3.63, 3.8) is 0 Å². The van der Waals surface area contributed by atoms with E-state index in [9.17, 15) is 26.0 Å². The van der Waals surface area contributed by atoms with Crippen LogP contribution >= 0.6 is 0 Å². The molecule has 0 aliphatic carbocycles. The van der Waals surface area contributed by atoms with E-state index in [0.717, 1.165) is 40.3 Å². The van der Waals surface area contributed by atoms with Crippen LogP contribution in [-0.4, -0.2) is 24.5 Å². The predicted octanol–water partition coefficient (Wildman–Crippen LogP) is 4.72. The van der Waals surface area contributed by atoms with Crippen molar-refractivity contribution in [2.45, 2.75) is 24.9 Å². The van der Waals surface area contributed by atoms with Gasteiger partial charge in [0.25, 0.3) is 0 Å². The summed E-state index contributed by atoms with van der Waals surface area (Å²) in [6.45, 7) is 3.70. The molecule has 3 aromatic rings. The molecule has 2 aromatic carbocycles. The summed E-state index contributed by atoms with van der Waals surface area (Å²) >= 11 is 0. The second-order valence-corrected chi connectivity index (χ2v) is 8.49. The number of nitrogens with zero attached hydrogens (tertiary/aromatic N) is 2. The summed E-state index contributed by atoms with van der Waals surface area (Å²) in [5, 5.41) is 3.59. The van der Waals surface area contributed by atoms with Gasteiger partial charge >= 0.3 is 6.18 Å². The van der Waals surface area contributed by atoms with Crippen molar-refractivity contribution in [1.82, 2.24) is 9.78 Å². The quantitative estimate of drug-likeness (QED) is 0.585. The molecule has 0 spiro atoms. The Hall–Kier alpha value is -2.68. The first-order valence-corrected chi connectivity index (χ1v) is 10.0. The lowest BCUT2D eigenvalue weighted by Gasteiger charge is -2.10. The minimum absolute atomic E-state index is 0.0198. The van der Waals surface area contributed by atoms with Crippen LogP contribution in [0.3, 0.4) is 0 Å². The molecule has 0 fully saturated rings. The molecule has 28 heavy (non-hydrogen) atoms. The average molecular weight is 412 g/mol. The van der Waals surface area contributed by atoms with Crippen LogP contribution in [0.25, 0.3) is 16.9 Å². The number of hydrogen-bond acceptors (Lipinski definition) is 3. The number of rotatable bonds is 3. The Labute approximate surface area is 159 Å². The number of sulfone groups is 1. The lowest BCUT2D eigenvalue weighted by molar-refractivity contribution is -0.141. The molecule has 0 unspecified atom stereocenters. The second-order valence-electron chi connectivity index (χ2n) is 6.51. The van der Waals surface area contributed by atoms with Gasteiger partial charge in [-0.2, -0.15) is 18.3 Å². The van der Waals surface area contributed by atoms with Crippen molar-refractivity contribution < 1.29 is 26.0 Å². The van der Waals surface area contributed by atoms with Gasteiger partial charge in [0.2, 0.25) is 0 Å². The number of hydrogen-bond donors (Lipinski definition) is 0. The zero-order valence-corrected chi connectivity index (χ0v) is 16.0. The van der Waals surface area contributed by atoms with Crippen LogP contribution in [-0.2, 0) is 16.0 Å². The Morgan fingerprint density at radius 2 is 1.64 bits per heavy atom. The molecule has 0 aliphatic heterocycles. The summed E-state index contributed by atoms with van der Waals surface area (Å²) in [4.78, 5) is -0.535. The van der Waals surface area contributed by atoms with Gasteiger partial charge in [-0.25, -0.2) is 17.5 Å². The highest BCUT2D eigenvalue weighted by Gasteiger charge is 2.35. The summed E-state index contributed by atoms with van der Waals surface area (Å²) in [7, 11) is -3.81. The van der Waals surface area contributed by atoms with E-state index in [1.165, 1.54) is 6.07 Å². The third-order valence-electron chi connectivity index (χ3n) is 4.36. The van der Waals surface area contributed by atoms with Crippen LogP contribution in [0.1, 0.15) is 16.8 Å². The number of aryl methyl sites for hydroxylation is 2. The first-order valence-electron chi connectivity index (χ1n) is 8.13. The fourth-order valence-electron chi connectivity index (χ4n) is 2.75. The zero-order chi connectivity index (χ0) is 20.9. The molecule has 148 valence electrons. The SMILES string of the molecule is Cc1ccc(-c2cc(C(F)(F)F)nn2-c2ccc(S(C)(=O)=O)c(F)c2)cc1C.